The number of amides is 2. The fraction of sp³-hybridized carbons (Fsp3) is 0.276. The molecule has 39 heavy (non-hydrogen) atoms. The number of rotatable bonds is 7. The highest BCUT2D eigenvalue weighted by atomic mass is 19.4. The molecule has 1 unspecified atom stereocenters. The highest BCUT2D eigenvalue weighted by molar-refractivity contribution is 5.89. The van der Waals surface area contributed by atoms with Crippen molar-refractivity contribution in [2.45, 2.75) is 33.0 Å². The number of hydrogen-bond donors (Lipinski definition) is 1. The van der Waals surface area contributed by atoms with E-state index in [1.165, 1.54) is 21.6 Å². The van der Waals surface area contributed by atoms with Gasteiger partial charge in [0.05, 0.1) is 35.3 Å². The number of aromatic nitrogens is 2. The second kappa shape index (κ2) is 11.2. The van der Waals surface area contributed by atoms with E-state index in [4.69, 9.17) is 9.72 Å². The van der Waals surface area contributed by atoms with Gasteiger partial charge in [-0.05, 0) is 73.5 Å². The highest BCUT2D eigenvalue weighted by Crippen LogP contribution is 2.30. The van der Waals surface area contributed by atoms with Crippen LogP contribution in [0.3, 0.4) is 0 Å². The molecule has 0 spiro atoms. The van der Waals surface area contributed by atoms with E-state index >= 15 is 0 Å². The molecular formula is C29H29F3N4O3. The summed E-state index contributed by atoms with van der Waals surface area (Å²) >= 11 is 0. The van der Waals surface area contributed by atoms with Crippen molar-refractivity contribution in [2.75, 3.05) is 19.0 Å². The minimum atomic E-state index is -4.48. The molecule has 0 saturated heterocycles. The lowest BCUT2D eigenvalue weighted by Gasteiger charge is -2.32. The van der Waals surface area contributed by atoms with E-state index in [1.54, 1.807) is 62.6 Å². The third kappa shape index (κ3) is 6.05. The molecule has 10 heteroatoms. The molecule has 7 nitrogen and oxygen atoms in total. The number of nitrogens with one attached hydrogen (secondary N) is 1. The first-order chi connectivity index (χ1) is 18.5. The summed E-state index contributed by atoms with van der Waals surface area (Å²) in [6.07, 6.45) is -4.48. The fourth-order valence-electron chi connectivity index (χ4n) is 4.30. The van der Waals surface area contributed by atoms with Crippen LogP contribution in [0.2, 0.25) is 0 Å². The average Bonchev–Trinajstić information content (AvgIpc) is 2.91. The largest absolute Gasteiger partial charge is 0.497 e. The minimum absolute atomic E-state index is 0.0485. The Morgan fingerprint density at radius 1 is 1.00 bits per heavy atom. The molecule has 2 amide bonds. The van der Waals surface area contributed by atoms with E-state index in [-0.39, 0.29) is 17.2 Å². The molecule has 204 valence electrons. The topological polar surface area (TPSA) is 76.5 Å². The molecule has 4 rings (SSSR count). The van der Waals surface area contributed by atoms with Crippen LogP contribution >= 0.6 is 0 Å². The van der Waals surface area contributed by atoms with E-state index in [0.717, 1.165) is 12.1 Å². The number of hydrogen-bond acceptors (Lipinski definition) is 4. The summed E-state index contributed by atoms with van der Waals surface area (Å²) in [5.74, 6) is 1.01. The summed E-state index contributed by atoms with van der Waals surface area (Å²) in [5, 5.41) is 3.12. The first-order valence-electron chi connectivity index (χ1n) is 12.4. The van der Waals surface area contributed by atoms with Gasteiger partial charge < -0.3 is 15.0 Å². The summed E-state index contributed by atoms with van der Waals surface area (Å²) in [4.78, 5) is 33.5. The zero-order chi connectivity index (χ0) is 28.3. The second-order valence-corrected chi connectivity index (χ2v) is 9.55. The number of halogens is 3. The number of benzene rings is 3. The molecule has 0 aliphatic carbocycles. The van der Waals surface area contributed by atoms with Crippen LogP contribution in [0.4, 0.5) is 23.7 Å². The molecule has 1 N–H and O–H groups in total. The first-order valence-corrected chi connectivity index (χ1v) is 12.4. The van der Waals surface area contributed by atoms with Crippen molar-refractivity contribution in [1.29, 1.82) is 0 Å². The first kappa shape index (κ1) is 27.7. The molecule has 3 aromatic carbocycles. The van der Waals surface area contributed by atoms with E-state index in [9.17, 15) is 22.8 Å². The maximum atomic E-state index is 13.7. The summed E-state index contributed by atoms with van der Waals surface area (Å²) in [6, 6.07) is 17.0. The Morgan fingerprint density at radius 2 is 1.64 bits per heavy atom. The standard InChI is InChI=1S/C29H29F3N4O3/c1-18(2)17-35(28(38)33-21-11-9-20(10-12-21)29(30,31)32)19(3)26-34-25-8-6-5-7-24(25)27(37)36(26)22-13-15-23(39-4)16-14-22/h5-16,18-19H,17H2,1-4H3,(H,33,38). The van der Waals surface area contributed by atoms with Crippen molar-refractivity contribution in [1.82, 2.24) is 14.5 Å². The Balaban J connectivity index is 1.77. The molecule has 1 aromatic heterocycles. The minimum Gasteiger partial charge on any atom is -0.497 e. The van der Waals surface area contributed by atoms with Gasteiger partial charge in [0.1, 0.15) is 11.6 Å². The summed E-state index contributed by atoms with van der Waals surface area (Å²) in [6.45, 7) is 5.95. The smallest absolute Gasteiger partial charge is 0.416 e. The van der Waals surface area contributed by atoms with Gasteiger partial charge in [-0.1, -0.05) is 26.0 Å². The van der Waals surface area contributed by atoms with Crippen LogP contribution in [0.1, 0.15) is 38.2 Å². The molecular weight excluding hydrogens is 509 g/mol. The molecule has 1 atom stereocenters. The normalized spacial score (nSPS) is 12.4. The molecule has 0 radical (unpaired) electrons. The number of ether oxygens (including phenoxy) is 1. The summed E-state index contributed by atoms with van der Waals surface area (Å²) < 4.78 is 45.7. The lowest BCUT2D eigenvalue weighted by atomic mass is 10.1. The number of para-hydroxylation sites is 1. The van der Waals surface area contributed by atoms with Gasteiger partial charge in [-0.25, -0.2) is 9.78 Å². The maximum absolute atomic E-state index is 13.7. The van der Waals surface area contributed by atoms with Gasteiger partial charge in [-0.15, -0.1) is 0 Å². The van der Waals surface area contributed by atoms with E-state index < -0.39 is 23.8 Å². The number of urea groups is 1. The van der Waals surface area contributed by atoms with Gasteiger partial charge in [0.25, 0.3) is 5.56 Å². The number of nitrogens with zero attached hydrogens (tertiary/aromatic N) is 3. The monoisotopic (exact) mass is 538 g/mol. The highest BCUT2D eigenvalue weighted by Gasteiger charge is 2.31. The average molecular weight is 539 g/mol. The van der Waals surface area contributed by atoms with Crippen molar-refractivity contribution < 1.29 is 22.7 Å². The van der Waals surface area contributed by atoms with Gasteiger partial charge in [0.15, 0.2) is 0 Å². The van der Waals surface area contributed by atoms with Gasteiger partial charge >= 0.3 is 12.2 Å². The Labute approximate surface area is 223 Å². The number of fused-ring (bicyclic) bond motifs is 1. The van der Waals surface area contributed by atoms with Crippen molar-refractivity contribution >= 4 is 22.6 Å². The molecule has 1 heterocycles. The van der Waals surface area contributed by atoms with Crippen LogP contribution in [-0.4, -0.2) is 34.1 Å². The van der Waals surface area contributed by atoms with Crippen molar-refractivity contribution in [2.24, 2.45) is 5.92 Å². The van der Waals surface area contributed by atoms with Crippen molar-refractivity contribution in [3.05, 3.63) is 94.5 Å². The van der Waals surface area contributed by atoms with Gasteiger partial charge in [-0.2, -0.15) is 13.2 Å². The Hall–Kier alpha value is -4.34. The van der Waals surface area contributed by atoms with Crippen LogP contribution < -0.4 is 15.6 Å². The Morgan fingerprint density at radius 3 is 2.23 bits per heavy atom. The third-order valence-corrected chi connectivity index (χ3v) is 6.26. The summed E-state index contributed by atoms with van der Waals surface area (Å²) in [5.41, 5.74) is 0.153. The lowest BCUT2D eigenvalue weighted by Crippen LogP contribution is -2.41. The van der Waals surface area contributed by atoms with E-state index in [2.05, 4.69) is 5.32 Å². The zero-order valence-electron chi connectivity index (χ0n) is 22.0. The Bertz CT molecular complexity index is 1510. The van der Waals surface area contributed by atoms with Gasteiger partial charge in [0, 0.05) is 12.2 Å². The second-order valence-electron chi connectivity index (χ2n) is 9.55. The van der Waals surface area contributed by atoms with Gasteiger partial charge in [-0.3, -0.25) is 9.36 Å². The lowest BCUT2D eigenvalue weighted by molar-refractivity contribution is -0.137. The molecule has 0 bridgehead atoms. The predicted octanol–water partition coefficient (Wildman–Crippen LogP) is 6.66. The number of carbonyl (C=O) groups is 1. The van der Waals surface area contributed by atoms with Crippen molar-refractivity contribution in [3.8, 4) is 11.4 Å². The molecule has 0 fully saturated rings. The van der Waals surface area contributed by atoms with Crippen LogP contribution in [0, 0.1) is 5.92 Å². The maximum Gasteiger partial charge on any atom is 0.416 e. The number of alkyl halides is 3. The molecule has 0 aliphatic heterocycles. The quantitative estimate of drug-likeness (QED) is 0.285. The molecule has 0 aliphatic rings. The van der Waals surface area contributed by atoms with Crippen LogP contribution in [0.5, 0.6) is 5.75 Å². The summed E-state index contributed by atoms with van der Waals surface area (Å²) in [7, 11) is 1.55. The molecule has 4 aromatic rings. The van der Waals surface area contributed by atoms with E-state index in [1.807, 2.05) is 13.8 Å². The number of anilines is 1. The number of methoxy groups -OCH3 is 1. The predicted molar refractivity (Wildman–Crippen MR) is 144 cm³/mol. The SMILES string of the molecule is COc1ccc(-n2c(C(C)N(CC(C)C)C(=O)Nc3ccc(C(F)(F)F)cc3)nc3ccccc3c2=O)cc1. The van der Waals surface area contributed by atoms with Crippen molar-refractivity contribution in [3.63, 3.8) is 0 Å². The van der Waals surface area contributed by atoms with E-state index in [0.29, 0.717) is 34.7 Å². The molecule has 0 saturated carbocycles. The number of carbonyl (C=O) groups excluding carboxylic acids is 1. The zero-order valence-corrected chi connectivity index (χ0v) is 22.0. The van der Waals surface area contributed by atoms with Crippen LogP contribution in [-0.2, 0) is 6.18 Å². The third-order valence-electron chi connectivity index (χ3n) is 6.26. The van der Waals surface area contributed by atoms with Crippen LogP contribution in [0.25, 0.3) is 16.6 Å². The Kier molecular flexibility index (Phi) is 7.94. The fourth-order valence-corrected chi connectivity index (χ4v) is 4.30. The van der Waals surface area contributed by atoms with Crippen LogP contribution in [0.15, 0.2) is 77.6 Å². The van der Waals surface area contributed by atoms with Gasteiger partial charge in [0.2, 0.25) is 0 Å².